The van der Waals surface area contributed by atoms with E-state index in [4.69, 9.17) is 19.0 Å². The highest BCUT2D eigenvalue weighted by Gasteiger charge is 2.46. The number of aliphatic hydroxyl groups excluding tert-OH is 2. The molecule has 0 spiro atoms. The lowest BCUT2D eigenvalue weighted by Gasteiger charge is -2.19. The second-order valence-corrected chi connectivity index (χ2v) is 10.7. The van der Waals surface area contributed by atoms with E-state index in [0.29, 0.717) is 16.7 Å². The molecule has 2 unspecified atom stereocenters. The van der Waals surface area contributed by atoms with Crippen LogP contribution in [0.1, 0.15) is 17.5 Å². The number of nitrogens with zero attached hydrogens (tertiary/aromatic N) is 3. The molecule has 36 heavy (non-hydrogen) atoms. The number of rotatable bonds is 8. The molecule has 1 saturated heterocycles. The smallest absolute Gasteiger partial charge is 0.387 e. The Morgan fingerprint density at radius 2 is 1.83 bits per heavy atom. The lowest BCUT2D eigenvalue weighted by atomic mass is 10.1. The second kappa shape index (κ2) is 9.76. The molecule has 4 rings (SSSR count). The molecule has 0 radical (unpaired) electrons. The molecule has 0 amide bonds. The van der Waals surface area contributed by atoms with Crippen molar-refractivity contribution in [1.82, 2.24) is 14.3 Å². The van der Waals surface area contributed by atoms with Crippen molar-refractivity contribution >= 4 is 26.6 Å². The maximum absolute atomic E-state index is 13.1. The third-order valence-corrected chi connectivity index (χ3v) is 7.56. The zero-order valence-electron chi connectivity index (χ0n) is 18.3. The molecule has 0 aliphatic carbocycles. The molecular formula is C18H21N3O13P2. The van der Waals surface area contributed by atoms with E-state index in [1.807, 2.05) is 0 Å². The van der Waals surface area contributed by atoms with Crippen molar-refractivity contribution in [3.05, 3.63) is 62.6 Å². The summed E-state index contributed by atoms with van der Waals surface area (Å²) in [7, 11) is -10.6. The van der Waals surface area contributed by atoms with E-state index in [9.17, 15) is 33.8 Å². The quantitative estimate of drug-likeness (QED) is 0.220. The molecule has 1 aliphatic rings. The minimum Gasteiger partial charge on any atom is -0.387 e. The minimum absolute atomic E-state index is 0.276. The van der Waals surface area contributed by atoms with E-state index in [1.54, 1.807) is 25.1 Å². The fraction of sp³-hybridized carbons (Fsp3) is 0.389. The van der Waals surface area contributed by atoms with Gasteiger partial charge >= 0.3 is 21.3 Å². The minimum atomic E-state index is -5.38. The maximum atomic E-state index is 13.1. The van der Waals surface area contributed by atoms with E-state index in [2.05, 4.69) is 14.0 Å². The van der Waals surface area contributed by atoms with Crippen molar-refractivity contribution in [1.29, 1.82) is 0 Å². The van der Waals surface area contributed by atoms with Crippen LogP contribution in [0.15, 0.2) is 44.6 Å². The van der Waals surface area contributed by atoms with Crippen molar-refractivity contribution in [3.8, 4) is 0 Å². The number of benzene rings is 1. The van der Waals surface area contributed by atoms with Crippen LogP contribution in [0.4, 0.5) is 0 Å². The van der Waals surface area contributed by atoms with Gasteiger partial charge in [-0.05, 0) is 18.6 Å². The van der Waals surface area contributed by atoms with Crippen LogP contribution in [0.3, 0.4) is 0 Å². The zero-order valence-corrected chi connectivity index (χ0v) is 20.1. The Bertz CT molecular complexity index is 1490. The van der Waals surface area contributed by atoms with Gasteiger partial charge in [0.1, 0.15) is 24.0 Å². The molecule has 3 heterocycles. The number of phosphoric acid groups is 2. The molecule has 5 N–H and O–H groups in total. The molecule has 0 saturated carbocycles. The van der Waals surface area contributed by atoms with Gasteiger partial charge in [0.25, 0.3) is 5.56 Å². The summed E-state index contributed by atoms with van der Waals surface area (Å²) in [6, 6.07) is 6.26. The fourth-order valence-electron chi connectivity index (χ4n) is 3.79. The molecular weight excluding hydrogens is 528 g/mol. The number of aliphatic hydroxyl groups is 2. The third kappa shape index (κ3) is 5.43. The number of hydrogen-bond donors (Lipinski definition) is 5. The van der Waals surface area contributed by atoms with Crippen LogP contribution in [-0.2, 0) is 29.2 Å². The number of hydrogen-bond acceptors (Lipinski definition) is 11. The summed E-state index contributed by atoms with van der Waals surface area (Å²) in [5.41, 5.74) is -0.0494. The van der Waals surface area contributed by atoms with Gasteiger partial charge in [-0.25, -0.2) is 13.9 Å². The SMILES string of the molecule is Cc1cccc2onc(Cn3c(=O)ccn([C@@H]4O[C@H](COP(=O)(O)OP(=O)(O)O)C(O)[C@@H]4O)c3=O)c12. The van der Waals surface area contributed by atoms with Gasteiger partial charge in [-0.1, -0.05) is 17.3 Å². The Morgan fingerprint density at radius 3 is 2.53 bits per heavy atom. The highest BCUT2D eigenvalue weighted by atomic mass is 31.3. The summed E-state index contributed by atoms with van der Waals surface area (Å²) in [6.07, 6.45) is -5.53. The van der Waals surface area contributed by atoms with Crippen LogP contribution in [-0.4, -0.2) is 64.1 Å². The largest absolute Gasteiger partial charge is 0.481 e. The van der Waals surface area contributed by atoms with Gasteiger partial charge < -0.3 is 34.2 Å². The highest BCUT2D eigenvalue weighted by Crippen LogP contribution is 2.57. The topological polar surface area (TPSA) is 233 Å². The van der Waals surface area contributed by atoms with E-state index in [1.165, 1.54) is 0 Å². The average Bonchev–Trinajstić information content (AvgIpc) is 3.30. The summed E-state index contributed by atoms with van der Waals surface area (Å²) < 4.78 is 42.8. The predicted octanol–water partition coefficient (Wildman–Crippen LogP) is -0.647. The molecule has 196 valence electrons. The van der Waals surface area contributed by atoms with Crippen LogP contribution in [0.5, 0.6) is 0 Å². The Labute approximate surface area is 200 Å². The summed E-state index contributed by atoms with van der Waals surface area (Å²) in [5, 5.41) is 25.2. The molecule has 16 nitrogen and oxygen atoms in total. The molecule has 2 aromatic heterocycles. The van der Waals surface area contributed by atoms with Crippen molar-refractivity contribution in [2.24, 2.45) is 0 Å². The lowest BCUT2D eigenvalue weighted by molar-refractivity contribution is -0.0547. The highest BCUT2D eigenvalue weighted by molar-refractivity contribution is 7.60. The van der Waals surface area contributed by atoms with Crippen LogP contribution in [0.2, 0.25) is 0 Å². The van der Waals surface area contributed by atoms with Crippen LogP contribution in [0, 0.1) is 6.92 Å². The van der Waals surface area contributed by atoms with Gasteiger partial charge in [-0.2, -0.15) is 4.31 Å². The molecule has 1 fully saturated rings. The first-order chi connectivity index (χ1) is 16.8. The number of aryl methyl sites for hydroxylation is 1. The second-order valence-electron chi connectivity index (χ2n) is 7.89. The van der Waals surface area contributed by atoms with Crippen molar-refractivity contribution in [3.63, 3.8) is 0 Å². The molecule has 3 aromatic rings. The monoisotopic (exact) mass is 549 g/mol. The van der Waals surface area contributed by atoms with Gasteiger partial charge in [0.05, 0.1) is 13.2 Å². The Kier molecular flexibility index (Phi) is 7.20. The third-order valence-electron chi connectivity index (χ3n) is 5.40. The normalized spacial score (nSPS) is 24.3. The van der Waals surface area contributed by atoms with Crippen molar-refractivity contribution in [2.45, 2.75) is 38.0 Å². The Balaban J connectivity index is 1.58. The van der Waals surface area contributed by atoms with E-state index < -0.39 is 58.0 Å². The summed E-state index contributed by atoms with van der Waals surface area (Å²) in [4.78, 5) is 52.3. The summed E-state index contributed by atoms with van der Waals surface area (Å²) in [5.74, 6) is 0. The average molecular weight is 549 g/mol. The molecule has 5 atom stereocenters. The zero-order chi connectivity index (χ0) is 26.4. The van der Waals surface area contributed by atoms with Gasteiger partial charge in [0.15, 0.2) is 11.8 Å². The molecule has 18 heteroatoms. The van der Waals surface area contributed by atoms with Gasteiger partial charge in [0.2, 0.25) is 0 Å². The van der Waals surface area contributed by atoms with Crippen LogP contribution < -0.4 is 11.2 Å². The summed E-state index contributed by atoms with van der Waals surface area (Å²) in [6.45, 7) is 0.584. The molecule has 1 aromatic carbocycles. The number of fused-ring (bicyclic) bond motifs is 1. The predicted molar refractivity (Wildman–Crippen MR) is 118 cm³/mol. The maximum Gasteiger partial charge on any atom is 0.481 e. The van der Waals surface area contributed by atoms with Gasteiger partial charge in [-0.3, -0.25) is 18.5 Å². The van der Waals surface area contributed by atoms with Gasteiger partial charge in [-0.15, -0.1) is 0 Å². The first kappa shape index (κ1) is 26.6. The Morgan fingerprint density at radius 1 is 1.11 bits per heavy atom. The van der Waals surface area contributed by atoms with Crippen molar-refractivity contribution in [2.75, 3.05) is 6.61 Å². The standard InChI is InChI=1S/C18H21N3O13P2/c1-9-3-2-4-11-14(9)10(19-33-11)7-21-13(22)5-6-20(18(21)25)17-16(24)15(23)12(32-17)8-31-36(29,30)34-35(26,27)28/h2-6,12,15-17,23-24H,7-8H2,1H3,(H,29,30)(H2,26,27,28)/t12-,15?,16+,17-/m1/s1. The first-order valence-corrected chi connectivity index (χ1v) is 13.2. The molecule has 0 bridgehead atoms. The molecule has 1 aliphatic heterocycles. The number of ether oxygens (including phenoxy) is 1. The van der Waals surface area contributed by atoms with E-state index in [-0.39, 0.29) is 6.54 Å². The van der Waals surface area contributed by atoms with E-state index >= 15 is 0 Å². The number of aromatic nitrogens is 3. The number of phosphoric ester groups is 1. The van der Waals surface area contributed by atoms with E-state index in [0.717, 1.165) is 27.0 Å². The summed E-state index contributed by atoms with van der Waals surface area (Å²) >= 11 is 0. The lowest BCUT2D eigenvalue weighted by Crippen LogP contribution is -2.43. The van der Waals surface area contributed by atoms with Crippen molar-refractivity contribution < 1.29 is 52.1 Å². The van der Waals surface area contributed by atoms with Crippen LogP contribution >= 0.6 is 15.6 Å². The fourth-order valence-corrected chi connectivity index (χ4v) is 5.39. The Hall–Kier alpha value is -2.49. The van der Waals surface area contributed by atoms with Crippen LogP contribution in [0.25, 0.3) is 11.0 Å². The van der Waals surface area contributed by atoms with Gasteiger partial charge in [0, 0.05) is 17.6 Å². The first-order valence-electron chi connectivity index (χ1n) is 10.2.